The van der Waals surface area contributed by atoms with E-state index in [9.17, 15) is 14.4 Å². The number of nitrogens with zero attached hydrogens (tertiary/aromatic N) is 1. The molecule has 1 aliphatic rings. The molecule has 1 fully saturated rings. The minimum atomic E-state index is -0.376. The Balaban J connectivity index is 1.44. The van der Waals surface area contributed by atoms with Gasteiger partial charge in [0.15, 0.2) is 0 Å². The molecule has 0 saturated carbocycles. The van der Waals surface area contributed by atoms with Gasteiger partial charge in [-0.1, -0.05) is 17.7 Å². The van der Waals surface area contributed by atoms with Crippen molar-refractivity contribution in [3.05, 3.63) is 59.2 Å². The number of rotatable bonds is 7. The van der Waals surface area contributed by atoms with Crippen molar-refractivity contribution in [1.29, 1.82) is 0 Å². The van der Waals surface area contributed by atoms with Gasteiger partial charge in [-0.2, -0.15) is 0 Å². The molecule has 2 N–H and O–H groups in total. The lowest BCUT2D eigenvalue weighted by atomic mass is 9.95. The third kappa shape index (κ3) is 6.40. The highest BCUT2D eigenvalue weighted by Crippen LogP contribution is 2.21. The molecule has 2 aromatic carbocycles. The van der Waals surface area contributed by atoms with Crippen LogP contribution in [-0.2, 0) is 14.3 Å². The summed E-state index contributed by atoms with van der Waals surface area (Å²) in [6, 6.07) is 12.7. The van der Waals surface area contributed by atoms with Gasteiger partial charge in [-0.3, -0.25) is 14.5 Å². The maximum Gasteiger partial charge on any atom is 0.338 e. The average Bonchev–Trinajstić information content (AvgIpc) is 2.77. The monoisotopic (exact) mass is 437 g/mol. The number of nitrogens with one attached hydrogen (secondary N) is 2. The summed E-state index contributed by atoms with van der Waals surface area (Å²) in [5.41, 5.74) is 4.15. The highest BCUT2D eigenvalue weighted by molar-refractivity contribution is 5.94. The molecular formula is C25H31N3O4. The van der Waals surface area contributed by atoms with Crippen molar-refractivity contribution in [1.82, 2.24) is 4.90 Å². The van der Waals surface area contributed by atoms with Gasteiger partial charge in [0.25, 0.3) is 0 Å². The van der Waals surface area contributed by atoms with Crippen LogP contribution < -0.4 is 10.6 Å². The Hall–Kier alpha value is -3.19. The Kier molecular flexibility index (Phi) is 8.00. The van der Waals surface area contributed by atoms with Gasteiger partial charge < -0.3 is 15.4 Å². The molecule has 7 nitrogen and oxygen atoms in total. The first-order valence-corrected chi connectivity index (χ1v) is 11.0. The molecule has 0 bridgehead atoms. The summed E-state index contributed by atoms with van der Waals surface area (Å²) >= 11 is 0. The zero-order chi connectivity index (χ0) is 23.1. The zero-order valence-corrected chi connectivity index (χ0v) is 18.9. The second-order valence-corrected chi connectivity index (χ2v) is 8.20. The number of likely N-dealkylation sites (tertiary alicyclic amines) is 1. The van der Waals surface area contributed by atoms with Gasteiger partial charge in [-0.05, 0) is 82.6 Å². The molecular weight excluding hydrogens is 406 g/mol. The standard InChI is InChI=1S/C25H31N3O4/c1-4-32-25(31)20-6-8-21(9-7-20)26-24(30)19-11-13-28(14-12-19)16-23(29)27-22-10-5-17(2)15-18(22)3/h5-10,15,19H,4,11-14,16H2,1-3H3,(H,26,30)(H,27,29). The molecule has 170 valence electrons. The number of aryl methyl sites for hydroxylation is 2. The van der Waals surface area contributed by atoms with E-state index in [-0.39, 0.29) is 23.7 Å². The Morgan fingerprint density at radius 1 is 1.00 bits per heavy atom. The van der Waals surface area contributed by atoms with E-state index < -0.39 is 0 Å². The lowest BCUT2D eigenvalue weighted by molar-refractivity contribution is -0.121. The number of ether oxygens (including phenoxy) is 1. The van der Waals surface area contributed by atoms with Crippen LogP contribution in [0.25, 0.3) is 0 Å². The largest absolute Gasteiger partial charge is 0.462 e. The molecule has 0 radical (unpaired) electrons. The van der Waals surface area contributed by atoms with Crippen molar-refractivity contribution in [2.24, 2.45) is 5.92 Å². The maximum absolute atomic E-state index is 12.6. The van der Waals surface area contributed by atoms with Crippen LogP contribution in [0.4, 0.5) is 11.4 Å². The minimum absolute atomic E-state index is 0.0340. The normalized spacial score (nSPS) is 14.6. The van der Waals surface area contributed by atoms with Crippen LogP contribution in [0.15, 0.2) is 42.5 Å². The molecule has 0 aromatic heterocycles. The van der Waals surface area contributed by atoms with Crippen molar-refractivity contribution < 1.29 is 19.1 Å². The fraction of sp³-hybridized carbons (Fsp3) is 0.400. The summed E-state index contributed by atoms with van der Waals surface area (Å²) in [6.45, 7) is 7.80. The van der Waals surface area contributed by atoms with Crippen LogP contribution in [-0.4, -0.2) is 48.9 Å². The molecule has 0 atom stereocenters. The number of hydrogen-bond donors (Lipinski definition) is 2. The highest BCUT2D eigenvalue weighted by Gasteiger charge is 2.26. The maximum atomic E-state index is 12.6. The van der Waals surface area contributed by atoms with Gasteiger partial charge in [0.05, 0.1) is 18.7 Å². The number of benzene rings is 2. The Bertz CT molecular complexity index is 964. The van der Waals surface area contributed by atoms with E-state index >= 15 is 0 Å². The highest BCUT2D eigenvalue weighted by atomic mass is 16.5. The molecule has 7 heteroatoms. The van der Waals surface area contributed by atoms with E-state index in [1.807, 2.05) is 32.0 Å². The first kappa shape index (κ1) is 23.5. The van der Waals surface area contributed by atoms with E-state index in [0.29, 0.717) is 50.3 Å². The van der Waals surface area contributed by atoms with Crippen molar-refractivity contribution >= 4 is 29.2 Å². The Morgan fingerprint density at radius 2 is 1.69 bits per heavy atom. The van der Waals surface area contributed by atoms with Gasteiger partial charge in [0.1, 0.15) is 0 Å². The molecule has 32 heavy (non-hydrogen) atoms. The number of esters is 1. The van der Waals surface area contributed by atoms with Crippen LogP contribution in [0.1, 0.15) is 41.3 Å². The second-order valence-electron chi connectivity index (χ2n) is 8.20. The predicted octanol–water partition coefficient (Wildman–Crippen LogP) is 3.77. The number of carbonyl (C=O) groups is 3. The number of anilines is 2. The fourth-order valence-electron chi connectivity index (χ4n) is 3.85. The van der Waals surface area contributed by atoms with Crippen LogP contribution >= 0.6 is 0 Å². The molecule has 0 aliphatic carbocycles. The minimum Gasteiger partial charge on any atom is -0.462 e. The number of piperidine rings is 1. The summed E-state index contributed by atoms with van der Waals surface area (Å²) in [5.74, 6) is -0.549. The molecule has 1 heterocycles. The first-order chi connectivity index (χ1) is 15.4. The van der Waals surface area contributed by atoms with Crippen LogP contribution in [0.2, 0.25) is 0 Å². The Labute approximate surface area is 189 Å². The van der Waals surface area contributed by atoms with Gasteiger partial charge >= 0.3 is 5.97 Å². The molecule has 1 saturated heterocycles. The third-order valence-corrected chi connectivity index (χ3v) is 5.65. The molecule has 0 unspecified atom stereocenters. The van der Waals surface area contributed by atoms with E-state index in [2.05, 4.69) is 15.5 Å². The van der Waals surface area contributed by atoms with Gasteiger partial charge in [-0.15, -0.1) is 0 Å². The molecule has 0 spiro atoms. The summed E-state index contributed by atoms with van der Waals surface area (Å²) in [6.07, 6.45) is 1.40. The van der Waals surface area contributed by atoms with Crippen molar-refractivity contribution in [3.8, 4) is 0 Å². The SMILES string of the molecule is CCOC(=O)c1ccc(NC(=O)C2CCN(CC(=O)Nc3ccc(C)cc3C)CC2)cc1. The van der Waals surface area contributed by atoms with Crippen LogP contribution in [0, 0.1) is 19.8 Å². The topological polar surface area (TPSA) is 87.7 Å². The summed E-state index contributed by atoms with van der Waals surface area (Å²) in [4.78, 5) is 38.9. The summed E-state index contributed by atoms with van der Waals surface area (Å²) in [5, 5.41) is 5.90. The van der Waals surface area contributed by atoms with Crippen molar-refractivity contribution in [3.63, 3.8) is 0 Å². The third-order valence-electron chi connectivity index (χ3n) is 5.65. The Morgan fingerprint density at radius 3 is 2.31 bits per heavy atom. The first-order valence-electron chi connectivity index (χ1n) is 11.0. The molecule has 2 aromatic rings. The second kappa shape index (κ2) is 10.9. The van der Waals surface area contributed by atoms with Crippen LogP contribution in [0.3, 0.4) is 0 Å². The lowest BCUT2D eigenvalue weighted by Crippen LogP contribution is -2.41. The average molecular weight is 438 g/mol. The van der Waals surface area contributed by atoms with Gasteiger partial charge in [-0.25, -0.2) is 4.79 Å². The number of amides is 2. The van der Waals surface area contributed by atoms with Crippen molar-refractivity contribution in [2.75, 3.05) is 36.9 Å². The predicted molar refractivity (Wildman–Crippen MR) is 125 cm³/mol. The van der Waals surface area contributed by atoms with E-state index in [0.717, 1.165) is 16.8 Å². The lowest BCUT2D eigenvalue weighted by Gasteiger charge is -2.30. The smallest absolute Gasteiger partial charge is 0.338 e. The van der Waals surface area contributed by atoms with E-state index in [1.165, 1.54) is 0 Å². The number of carbonyl (C=O) groups excluding carboxylic acids is 3. The van der Waals surface area contributed by atoms with Crippen molar-refractivity contribution in [2.45, 2.75) is 33.6 Å². The quantitative estimate of drug-likeness (QED) is 0.644. The van der Waals surface area contributed by atoms with E-state index in [1.54, 1.807) is 31.2 Å². The van der Waals surface area contributed by atoms with E-state index in [4.69, 9.17) is 4.74 Å². The molecule has 3 rings (SSSR count). The molecule has 2 amide bonds. The van der Waals surface area contributed by atoms with Gasteiger partial charge in [0, 0.05) is 17.3 Å². The summed E-state index contributed by atoms with van der Waals surface area (Å²) < 4.78 is 4.97. The fourth-order valence-corrected chi connectivity index (χ4v) is 3.85. The molecule has 1 aliphatic heterocycles. The zero-order valence-electron chi connectivity index (χ0n) is 18.9. The van der Waals surface area contributed by atoms with Crippen LogP contribution in [0.5, 0.6) is 0 Å². The number of hydrogen-bond acceptors (Lipinski definition) is 5. The summed E-state index contributed by atoms with van der Waals surface area (Å²) in [7, 11) is 0. The van der Waals surface area contributed by atoms with Gasteiger partial charge in [0.2, 0.25) is 11.8 Å².